The second kappa shape index (κ2) is 6.49. The van der Waals surface area contributed by atoms with E-state index in [9.17, 15) is 10.1 Å². The van der Waals surface area contributed by atoms with Gasteiger partial charge in [0.1, 0.15) is 11.5 Å². The lowest BCUT2D eigenvalue weighted by Crippen LogP contribution is -1.99. The molecule has 0 unspecified atom stereocenters. The van der Waals surface area contributed by atoms with Gasteiger partial charge in [0.15, 0.2) is 0 Å². The van der Waals surface area contributed by atoms with Crippen molar-refractivity contribution < 1.29 is 9.34 Å². The zero-order valence-electron chi connectivity index (χ0n) is 11.6. The van der Waals surface area contributed by atoms with Gasteiger partial charge in [-0.25, -0.2) is 0 Å². The molecular weight excluding hydrogens is 450 g/mol. The third-order valence-electron chi connectivity index (χ3n) is 2.88. The van der Waals surface area contributed by atoms with Crippen molar-refractivity contribution in [3.05, 3.63) is 49.1 Å². The highest BCUT2D eigenvalue weighted by molar-refractivity contribution is 9.11. The van der Waals surface area contributed by atoms with Crippen LogP contribution >= 0.6 is 31.9 Å². The molecule has 1 aromatic carbocycles. The van der Waals surface area contributed by atoms with Gasteiger partial charge >= 0.3 is 0 Å². The van der Waals surface area contributed by atoms with Crippen molar-refractivity contribution in [2.24, 2.45) is 5.10 Å². The van der Waals surface area contributed by atoms with Crippen LogP contribution in [0.25, 0.3) is 11.3 Å². The van der Waals surface area contributed by atoms with Crippen LogP contribution in [0.4, 0.5) is 11.6 Å². The first-order valence-corrected chi connectivity index (χ1v) is 7.86. The van der Waals surface area contributed by atoms with E-state index in [-0.39, 0.29) is 11.6 Å². The van der Waals surface area contributed by atoms with Crippen molar-refractivity contribution in [1.82, 2.24) is 20.3 Å². The van der Waals surface area contributed by atoms with E-state index in [1.165, 1.54) is 18.3 Å². The molecule has 2 N–H and O–H groups in total. The van der Waals surface area contributed by atoms with Crippen LogP contribution in [-0.4, -0.2) is 31.5 Å². The van der Waals surface area contributed by atoms with Gasteiger partial charge in [-0.15, -0.1) is 0 Å². The van der Waals surface area contributed by atoms with E-state index in [0.29, 0.717) is 26.0 Å². The number of tetrazole rings is 1. The minimum atomic E-state index is -0.476. The van der Waals surface area contributed by atoms with Gasteiger partial charge in [-0.05, 0) is 54.4 Å². The number of hydrogen-bond donors (Lipinski definition) is 1. The highest BCUT2D eigenvalue weighted by atomic mass is 79.9. The largest absolute Gasteiger partial charge is 0.455 e. The molecule has 3 rings (SSSR count). The number of nitrogens with zero attached hydrogens (tertiary/aromatic N) is 6. The van der Waals surface area contributed by atoms with Crippen molar-refractivity contribution in [2.75, 3.05) is 5.73 Å². The van der Waals surface area contributed by atoms with E-state index < -0.39 is 4.92 Å². The van der Waals surface area contributed by atoms with E-state index in [1.54, 1.807) is 12.1 Å². The summed E-state index contributed by atoms with van der Waals surface area (Å²) in [5.74, 6) is 0.964. The molecule has 0 aliphatic carbocycles. The number of anilines is 1. The second-order valence-electron chi connectivity index (χ2n) is 4.41. The summed E-state index contributed by atoms with van der Waals surface area (Å²) in [6, 6.07) is 6.19. The number of hydrogen-bond acceptors (Lipinski definition) is 8. The molecule has 0 atom stereocenters. The van der Waals surface area contributed by atoms with Gasteiger partial charge in [0.05, 0.1) is 11.1 Å². The average Bonchev–Trinajstić information content (AvgIpc) is 3.13. The Morgan fingerprint density at radius 3 is 2.62 bits per heavy atom. The predicted octanol–water partition coefficient (Wildman–Crippen LogP) is 2.83. The number of furan rings is 1. The Morgan fingerprint density at radius 1 is 1.33 bits per heavy atom. The molecule has 0 aliphatic rings. The van der Waals surface area contributed by atoms with Crippen molar-refractivity contribution in [2.45, 2.75) is 0 Å². The second-order valence-corrected chi connectivity index (χ2v) is 6.12. The fraction of sp³-hybridized carbons (Fsp3) is 0. The highest BCUT2D eigenvalue weighted by Gasteiger charge is 2.17. The van der Waals surface area contributed by atoms with Crippen LogP contribution in [0.1, 0.15) is 5.76 Å². The molecule has 2 heterocycles. The minimum absolute atomic E-state index is 0.0406. The topological polar surface area (TPSA) is 138 Å². The van der Waals surface area contributed by atoms with Gasteiger partial charge in [-0.2, -0.15) is 5.10 Å². The van der Waals surface area contributed by atoms with Crippen LogP contribution in [0.5, 0.6) is 0 Å². The Hall–Kier alpha value is -2.60. The Balaban J connectivity index is 1.92. The number of halogens is 2. The van der Waals surface area contributed by atoms with Gasteiger partial charge in [0.2, 0.25) is 0 Å². The SMILES string of the molecule is Nc1nnnn1/N=C/c1ccc(-c2c(Br)cc([N+](=O)[O-])cc2Br)o1. The molecule has 0 fully saturated rings. The van der Waals surface area contributed by atoms with Gasteiger partial charge < -0.3 is 10.2 Å². The number of benzene rings is 1. The number of nitrogens with two attached hydrogens (primary N) is 1. The fourth-order valence-electron chi connectivity index (χ4n) is 1.84. The molecular formula is C12H7Br2N7O3. The first kappa shape index (κ1) is 16.3. The monoisotopic (exact) mass is 455 g/mol. The maximum Gasteiger partial charge on any atom is 0.271 e. The molecule has 10 nitrogen and oxygen atoms in total. The Bertz CT molecular complexity index is 927. The lowest BCUT2D eigenvalue weighted by molar-refractivity contribution is -0.385. The number of nitro benzene ring substituents is 1. The molecule has 3 aromatic rings. The first-order chi connectivity index (χ1) is 11.5. The zero-order valence-corrected chi connectivity index (χ0v) is 14.8. The van der Waals surface area contributed by atoms with E-state index in [0.717, 1.165) is 4.79 Å². The summed E-state index contributed by atoms with van der Waals surface area (Å²) in [5.41, 5.74) is 6.09. The Labute approximate surface area is 150 Å². The molecule has 0 amide bonds. The molecule has 0 saturated heterocycles. The van der Waals surface area contributed by atoms with Crippen LogP contribution in [0.3, 0.4) is 0 Å². The van der Waals surface area contributed by atoms with Crippen LogP contribution in [0, 0.1) is 10.1 Å². The summed E-state index contributed by atoms with van der Waals surface area (Å²) < 4.78 is 6.71. The minimum Gasteiger partial charge on any atom is -0.455 e. The molecule has 0 saturated carbocycles. The van der Waals surface area contributed by atoms with Gasteiger partial charge in [0, 0.05) is 26.6 Å². The predicted molar refractivity (Wildman–Crippen MR) is 91.4 cm³/mol. The third kappa shape index (κ3) is 3.19. The summed E-state index contributed by atoms with van der Waals surface area (Å²) in [4.78, 5) is 11.4. The highest BCUT2D eigenvalue weighted by Crippen LogP contribution is 2.38. The fourth-order valence-corrected chi connectivity index (χ4v) is 3.39. The number of non-ortho nitro benzene ring substituents is 1. The van der Waals surface area contributed by atoms with Gasteiger partial charge in [-0.1, -0.05) is 9.89 Å². The Morgan fingerprint density at radius 2 is 2.04 bits per heavy atom. The summed E-state index contributed by atoms with van der Waals surface area (Å²) in [6.07, 6.45) is 1.39. The molecule has 0 aliphatic heterocycles. The summed E-state index contributed by atoms with van der Waals surface area (Å²) >= 11 is 6.63. The molecule has 0 spiro atoms. The van der Waals surface area contributed by atoms with Crippen LogP contribution in [0.15, 0.2) is 42.7 Å². The standard InChI is InChI=1S/C12H7Br2N7O3/c13-8-3-6(21(22)23)4-9(14)11(8)10-2-1-7(24-10)5-16-20-12(15)17-18-19-20/h1-5H,(H2,15,17,19)/b16-5+. The quantitative estimate of drug-likeness (QED) is 0.361. The van der Waals surface area contributed by atoms with Crippen molar-refractivity contribution >= 4 is 49.7 Å². The average molecular weight is 457 g/mol. The molecule has 2 aromatic heterocycles. The smallest absolute Gasteiger partial charge is 0.271 e. The third-order valence-corrected chi connectivity index (χ3v) is 4.13. The number of nitrogen functional groups attached to an aromatic ring is 1. The summed E-state index contributed by atoms with van der Waals surface area (Å²) in [7, 11) is 0. The van der Waals surface area contributed by atoms with Crippen LogP contribution in [-0.2, 0) is 0 Å². The molecule has 122 valence electrons. The van der Waals surface area contributed by atoms with E-state index in [1.807, 2.05) is 0 Å². The molecule has 0 radical (unpaired) electrons. The lowest BCUT2D eigenvalue weighted by atomic mass is 10.1. The molecule has 24 heavy (non-hydrogen) atoms. The maximum absolute atomic E-state index is 10.9. The number of nitro groups is 1. The number of aromatic nitrogens is 4. The van der Waals surface area contributed by atoms with E-state index in [4.69, 9.17) is 10.2 Å². The number of rotatable bonds is 4. The van der Waals surface area contributed by atoms with Crippen LogP contribution in [0.2, 0.25) is 0 Å². The van der Waals surface area contributed by atoms with E-state index in [2.05, 4.69) is 52.5 Å². The van der Waals surface area contributed by atoms with Crippen LogP contribution < -0.4 is 5.73 Å². The zero-order chi connectivity index (χ0) is 17.3. The van der Waals surface area contributed by atoms with Gasteiger partial charge in [-0.3, -0.25) is 10.1 Å². The lowest BCUT2D eigenvalue weighted by Gasteiger charge is -2.04. The normalized spacial score (nSPS) is 11.2. The Kier molecular flexibility index (Phi) is 4.40. The van der Waals surface area contributed by atoms with Crippen molar-refractivity contribution in [3.63, 3.8) is 0 Å². The van der Waals surface area contributed by atoms with Crippen molar-refractivity contribution in [1.29, 1.82) is 0 Å². The van der Waals surface area contributed by atoms with E-state index >= 15 is 0 Å². The summed E-state index contributed by atoms with van der Waals surface area (Å²) in [6.45, 7) is 0. The summed E-state index contributed by atoms with van der Waals surface area (Å²) in [5, 5.41) is 25.2. The molecule has 12 heteroatoms. The van der Waals surface area contributed by atoms with Gasteiger partial charge in [0.25, 0.3) is 11.6 Å². The van der Waals surface area contributed by atoms with Crippen molar-refractivity contribution in [3.8, 4) is 11.3 Å². The molecule has 0 bridgehead atoms. The first-order valence-electron chi connectivity index (χ1n) is 6.27. The maximum atomic E-state index is 10.9.